The van der Waals surface area contributed by atoms with Crippen LogP contribution in [-0.4, -0.2) is 32.3 Å². The van der Waals surface area contributed by atoms with Gasteiger partial charge in [-0.2, -0.15) is 0 Å². The molecular weight excluding hydrogens is 258 g/mol. The lowest BCUT2D eigenvalue weighted by atomic mass is 10.1. The van der Waals surface area contributed by atoms with Crippen molar-refractivity contribution in [2.24, 2.45) is 0 Å². The third-order valence-electron chi connectivity index (χ3n) is 2.35. The quantitative estimate of drug-likeness (QED) is 0.848. The van der Waals surface area contributed by atoms with Crippen molar-refractivity contribution in [2.45, 2.75) is 12.5 Å². The number of methoxy groups -OCH3 is 2. The Hall–Kier alpha value is -1.75. The predicted molar refractivity (Wildman–Crippen MR) is 66.5 cm³/mol. The fourth-order valence-corrected chi connectivity index (χ4v) is 1.63. The molecule has 98 valence electrons. The molecule has 0 aliphatic carbocycles. The second-order valence-electron chi connectivity index (χ2n) is 3.51. The molecule has 5 nitrogen and oxygen atoms in total. The molecule has 0 fully saturated rings. The highest BCUT2D eigenvalue weighted by Crippen LogP contribution is 2.17. The van der Waals surface area contributed by atoms with E-state index < -0.39 is 18.1 Å². The molecule has 0 bridgehead atoms. The molecule has 1 atom stereocenters. The highest BCUT2D eigenvalue weighted by atomic mass is 35.5. The number of hydrogen-bond acceptors (Lipinski definition) is 4. The van der Waals surface area contributed by atoms with Gasteiger partial charge < -0.3 is 14.8 Å². The zero-order valence-electron chi connectivity index (χ0n) is 10.1. The number of nitrogens with one attached hydrogen (secondary N) is 1. The van der Waals surface area contributed by atoms with Crippen LogP contribution in [0.1, 0.15) is 5.56 Å². The molecule has 1 aromatic carbocycles. The minimum Gasteiger partial charge on any atom is -0.467 e. The standard InChI is InChI=1S/C12H14ClNO4/c1-17-11(15)10(14-12(16)18-2)7-8-5-3-4-6-9(8)13/h3-6,10H,7H2,1-2H3,(H,14,16)/t10-/m1/s1. The van der Waals surface area contributed by atoms with Crippen molar-refractivity contribution in [3.05, 3.63) is 34.9 Å². The van der Waals surface area contributed by atoms with E-state index >= 15 is 0 Å². The van der Waals surface area contributed by atoms with Gasteiger partial charge in [0.15, 0.2) is 0 Å². The summed E-state index contributed by atoms with van der Waals surface area (Å²) in [7, 11) is 2.47. The molecule has 1 N–H and O–H groups in total. The molecule has 0 heterocycles. The summed E-state index contributed by atoms with van der Waals surface area (Å²) >= 11 is 5.99. The topological polar surface area (TPSA) is 64.6 Å². The largest absolute Gasteiger partial charge is 0.467 e. The molecule has 0 spiro atoms. The molecule has 0 unspecified atom stereocenters. The number of alkyl carbamates (subject to hydrolysis) is 1. The lowest BCUT2D eigenvalue weighted by Gasteiger charge is -2.16. The van der Waals surface area contributed by atoms with Crippen LogP contribution in [0.3, 0.4) is 0 Å². The van der Waals surface area contributed by atoms with Crippen LogP contribution in [0, 0.1) is 0 Å². The van der Waals surface area contributed by atoms with E-state index in [-0.39, 0.29) is 6.42 Å². The van der Waals surface area contributed by atoms with Crippen LogP contribution in [0.4, 0.5) is 4.79 Å². The molecule has 0 aromatic heterocycles. The van der Waals surface area contributed by atoms with Gasteiger partial charge in [-0.15, -0.1) is 0 Å². The Morgan fingerprint density at radius 2 is 1.94 bits per heavy atom. The van der Waals surface area contributed by atoms with Gasteiger partial charge in [0.2, 0.25) is 0 Å². The summed E-state index contributed by atoms with van der Waals surface area (Å²) < 4.78 is 9.07. The van der Waals surface area contributed by atoms with Crippen LogP contribution in [0.15, 0.2) is 24.3 Å². The number of benzene rings is 1. The van der Waals surface area contributed by atoms with E-state index in [1.807, 2.05) is 0 Å². The summed E-state index contributed by atoms with van der Waals surface area (Å²) in [4.78, 5) is 22.7. The molecule has 18 heavy (non-hydrogen) atoms. The molecule has 6 heteroatoms. The summed E-state index contributed by atoms with van der Waals surface area (Å²) in [5.74, 6) is -0.555. The maximum atomic E-state index is 11.5. The Bertz CT molecular complexity index is 436. The second-order valence-corrected chi connectivity index (χ2v) is 3.91. The zero-order valence-corrected chi connectivity index (χ0v) is 10.9. The van der Waals surface area contributed by atoms with Crippen molar-refractivity contribution in [3.63, 3.8) is 0 Å². The van der Waals surface area contributed by atoms with Crippen molar-refractivity contribution in [1.82, 2.24) is 5.32 Å². The normalized spacial score (nSPS) is 11.5. The molecule has 1 amide bonds. The number of rotatable bonds is 4. The third-order valence-corrected chi connectivity index (χ3v) is 2.71. The van der Waals surface area contributed by atoms with E-state index in [1.165, 1.54) is 14.2 Å². The van der Waals surface area contributed by atoms with E-state index in [9.17, 15) is 9.59 Å². The maximum absolute atomic E-state index is 11.5. The first-order valence-corrected chi connectivity index (χ1v) is 5.62. The van der Waals surface area contributed by atoms with Gasteiger partial charge >= 0.3 is 12.1 Å². The first-order chi connectivity index (χ1) is 8.58. The summed E-state index contributed by atoms with van der Waals surface area (Å²) in [6.45, 7) is 0. The van der Waals surface area contributed by atoms with E-state index in [0.717, 1.165) is 5.56 Å². The predicted octanol–water partition coefficient (Wildman–Crippen LogP) is 1.78. The van der Waals surface area contributed by atoms with Crippen molar-refractivity contribution in [2.75, 3.05) is 14.2 Å². The van der Waals surface area contributed by atoms with Gasteiger partial charge in [0.05, 0.1) is 14.2 Å². The Morgan fingerprint density at radius 3 is 2.50 bits per heavy atom. The maximum Gasteiger partial charge on any atom is 0.407 e. The summed E-state index contributed by atoms with van der Waals surface area (Å²) in [5.41, 5.74) is 0.742. The molecule has 0 saturated heterocycles. The number of ether oxygens (including phenoxy) is 2. The number of halogens is 1. The van der Waals surface area contributed by atoms with Crippen molar-refractivity contribution < 1.29 is 19.1 Å². The highest BCUT2D eigenvalue weighted by Gasteiger charge is 2.23. The van der Waals surface area contributed by atoms with Crippen LogP contribution in [0.2, 0.25) is 5.02 Å². The highest BCUT2D eigenvalue weighted by molar-refractivity contribution is 6.31. The Balaban J connectivity index is 2.82. The van der Waals surface area contributed by atoms with Crippen LogP contribution < -0.4 is 5.32 Å². The van der Waals surface area contributed by atoms with Gasteiger partial charge in [-0.3, -0.25) is 0 Å². The van der Waals surface area contributed by atoms with E-state index in [0.29, 0.717) is 5.02 Å². The van der Waals surface area contributed by atoms with Gasteiger partial charge in [-0.25, -0.2) is 9.59 Å². The smallest absolute Gasteiger partial charge is 0.407 e. The molecule has 1 aromatic rings. The van der Waals surface area contributed by atoms with Gasteiger partial charge in [0.25, 0.3) is 0 Å². The van der Waals surface area contributed by atoms with Gasteiger partial charge in [0.1, 0.15) is 6.04 Å². The van der Waals surface area contributed by atoms with Gasteiger partial charge in [-0.1, -0.05) is 29.8 Å². The number of hydrogen-bond donors (Lipinski definition) is 1. The van der Waals surface area contributed by atoms with E-state index in [4.69, 9.17) is 11.6 Å². The van der Waals surface area contributed by atoms with E-state index in [1.54, 1.807) is 24.3 Å². The lowest BCUT2D eigenvalue weighted by molar-refractivity contribution is -0.142. The lowest BCUT2D eigenvalue weighted by Crippen LogP contribution is -2.43. The number of carbonyl (C=O) groups is 2. The van der Waals surface area contributed by atoms with Crippen LogP contribution in [0.5, 0.6) is 0 Å². The van der Waals surface area contributed by atoms with Crippen LogP contribution in [0.25, 0.3) is 0 Å². The van der Waals surface area contributed by atoms with Crippen molar-refractivity contribution >= 4 is 23.7 Å². The van der Waals surface area contributed by atoms with Crippen molar-refractivity contribution in [3.8, 4) is 0 Å². The van der Waals surface area contributed by atoms with Crippen molar-refractivity contribution in [1.29, 1.82) is 0 Å². The minimum absolute atomic E-state index is 0.238. The molecule has 0 saturated carbocycles. The number of esters is 1. The first kappa shape index (κ1) is 14.3. The first-order valence-electron chi connectivity index (χ1n) is 5.24. The Morgan fingerprint density at radius 1 is 1.28 bits per heavy atom. The third kappa shape index (κ3) is 3.92. The second kappa shape index (κ2) is 6.86. The van der Waals surface area contributed by atoms with Gasteiger partial charge in [-0.05, 0) is 11.6 Å². The SMILES string of the molecule is COC(=O)N[C@H](Cc1ccccc1Cl)C(=O)OC. The fourth-order valence-electron chi connectivity index (χ4n) is 1.42. The molecular formula is C12H14ClNO4. The van der Waals surface area contributed by atoms with E-state index in [2.05, 4.69) is 14.8 Å². The molecule has 0 aliphatic heterocycles. The monoisotopic (exact) mass is 271 g/mol. The number of amides is 1. The zero-order chi connectivity index (χ0) is 13.5. The fraction of sp³-hybridized carbons (Fsp3) is 0.333. The summed E-state index contributed by atoms with van der Waals surface area (Å²) in [5, 5.41) is 2.92. The summed E-state index contributed by atoms with van der Waals surface area (Å²) in [6.07, 6.45) is -0.459. The summed E-state index contributed by atoms with van der Waals surface area (Å²) in [6, 6.07) is 6.24. The molecule has 1 rings (SSSR count). The number of carbonyl (C=O) groups excluding carboxylic acids is 2. The minimum atomic E-state index is -0.831. The molecule has 0 radical (unpaired) electrons. The Labute approximate surface area is 110 Å². The van der Waals surface area contributed by atoms with Gasteiger partial charge in [0, 0.05) is 11.4 Å². The van der Waals surface area contributed by atoms with Crippen LogP contribution >= 0.6 is 11.6 Å². The molecule has 0 aliphatic rings. The Kier molecular flexibility index (Phi) is 5.45. The average molecular weight is 272 g/mol. The average Bonchev–Trinajstić information content (AvgIpc) is 2.39. The van der Waals surface area contributed by atoms with Crippen LogP contribution in [-0.2, 0) is 20.7 Å².